The fourth-order valence-corrected chi connectivity index (χ4v) is 1.58. The number of piperazine rings is 1. The van der Waals surface area contributed by atoms with E-state index in [1.807, 2.05) is 0 Å². The molecule has 3 heteroatoms. The molecule has 0 N–H and O–H groups in total. The Bertz CT molecular complexity index is 170. The van der Waals surface area contributed by atoms with Crippen molar-refractivity contribution < 1.29 is 4.79 Å². The lowest BCUT2D eigenvalue weighted by atomic mass is 10.2. The Balaban J connectivity index is 2.35. The molecule has 3 nitrogen and oxygen atoms in total. The minimum absolute atomic E-state index is 0.270. The van der Waals surface area contributed by atoms with E-state index in [1.165, 1.54) is 0 Å². The van der Waals surface area contributed by atoms with Gasteiger partial charge in [-0.15, -0.1) is 0 Å². The molecular weight excluding hydrogens is 152 g/mol. The van der Waals surface area contributed by atoms with Gasteiger partial charge in [0.2, 0.25) is 0 Å². The minimum atomic E-state index is 0.270. The molecule has 0 saturated carbocycles. The van der Waals surface area contributed by atoms with E-state index in [4.69, 9.17) is 0 Å². The summed E-state index contributed by atoms with van der Waals surface area (Å²) in [5.74, 6) is 0.270. The summed E-state index contributed by atoms with van der Waals surface area (Å²) in [5, 5.41) is 0. The highest BCUT2D eigenvalue weighted by Crippen LogP contribution is 2.05. The summed E-state index contributed by atoms with van der Waals surface area (Å²) in [4.78, 5) is 15.4. The fraction of sp³-hybridized carbons (Fsp3) is 0.889. The summed E-state index contributed by atoms with van der Waals surface area (Å²) in [7, 11) is 2.13. The fourth-order valence-electron chi connectivity index (χ4n) is 1.58. The zero-order valence-corrected chi connectivity index (χ0v) is 8.21. The van der Waals surface area contributed by atoms with Crippen LogP contribution in [-0.2, 0) is 4.79 Å². The maximum absolute atomic E-state index is 10.8. The molecule has 0 bridgehead atoms. The van der Waals surface area contributed by atoms with Gasteiger partial charge in [0, 0.05) is 25.7 Å². The van der Waals surface area contributed by atoms with Crippen LogP contribution in [0.15, 0.2) is 0 Å². The molecule has 12 heavy (non-hydrogen) atoms. The lowest BCUT2D eigenvalue weighted by Gasteiger charge is -2.37. The van der Waals surface area contributed by atoms with Gasteiger partial charge in [-0.05, 0) is 20.9 Å². The first-order valence-corrected chi connectivity index (χ1v) is 4.51. The summed E-state index contributed by atoms with van der Waals surface area (Å²) < 4.78 is 0. The Hall–Kier alpha value is -0.410. The van der Waals surface area contributed by atoms with Crippen LogP contribution < -0.4 is 0 Å². The SMILES string of the molecule is CC(=O)CN1CCN(C)C(C)C1. The van der Waals surface area contributed by atoms with Crippen molar-refractivity contribution in [2.24, 2.45) is 0 Å². The van der Waals surface area contributed by atoms with Crippen LogP contribution in [0.2, 0.25) is 0 Å². The minimum Gasteiger partial charge on any atom is -0.301 e. The number of nitrogens with zero attached hydrogens (tertiary/aromatic N) is 2. The van der Waals surface area contributed by atoms with Crippen molar-refractivity contribution in [3.8, 4) is 0 Å². The second-order valence-electron chi connectivity index (χ2n) is 3.77. The van der Waals surface area contributed by atoms with E-state index < -0.39 is 0 Å². The number of rotatable bonds is 2. The summed E-state index contributed by atoms with van der Waals surface area (Å²) in [6, 6.07) is 0.582. The topological polar surface area (TPSA) is 23.6 Å². The molecule has 1 unspecified atom stereocenters. The van der Waals surface area contributed by atoms with Crippen LogP contribution in [0.4, 0.5) is 0 Å². The van der Waals surface area contributed by atoms with Gasteiger partial charge in [-0.3, -0.25) is 9.69 Å². The third-order valence-corrected chi connectivity index (χ3v) is 2.49. The number of hydrogen-bond acceptors (Lipinski definition) is 3. The van der Waals surface area contributed by atoms with Crippen LogP contribution in [0.25, 0.3) is 0 Å². The molecule has 1 saturated heterocycles. The van der Waals surface area contributed by atoms with Gasteiger partial charge < -0.3 is 4.90 Å². The maximum atomic E-state index is 10.8. The average molecular weight is 170 g/mol. The van der Waals surface area contributed by atoms with E-state index >= 15 is 0 Å². The van der Waals surface area contributed by atoms with Crippen molar-refractivity contribution in [3.63, 3.8) is 0 Å². The Kier molecular flexibility index (Phi) is 3.23. The molecule has 1 fully saturated rings. The van der Waals surface area contributed by atoms with Gasteiger partial charge in [0.05, 0.1) is 6.54 Å². The first-order chi connectivity index (χ1) is 5.59. The summed E-state index contributed by atoms with van der Waals surface area (Å²) >= 11 is 0. The monoisotopic (exact) mass is 170 g/mol. The van der Waals surface area contributed by atoms with Crippen LogP contribution >= 0.6 is 0 Å². The molecule has 1 rings (SSSR count). The van der Waals surface area contributed by atoms with Crippen molar-refractivity contribution in [2.45, 2.75) is 19.9 Å². The normalized spacial score (nSPS) is 27.4. The Morgan fingerprint density at radius 3 is 2.67 bits per heavy atom. The van der Waals surface area contributed by atoms with Crippen molar-refractivity contribution in [1.29, 1.82) is 0 Å². The number of Topliss-reactive ketones (excluding diaryl/α,β-unsaturated/α-hetero) is 1. The second-order valence-corrected chi connectivity index (χ2v) is 3.77. The van der Waals surface area contributed by atoms with E-state index in [0.717, 1.165) is 19.6 Å². The first-order valence-electron chi connectivity index (χ1n) is 4.51. The van der Waals surface area contributed by atoms with Gasteiger partial charge in [-0.1, -0.05) is 0 Å². The number of ketones is 1. The Morgan fingerprint density at radius 2 is 2.17 bits per heavy atom. The van der Waals surface area contributed by atoms with Crippen molar-refractivity contribution >= 4 is 5.78 Å². The molecule has 0 aromatic heterocycles. The highest BCUT2D eigenvalue weighted by atomic mass is 16.1. The molecule has 1 heterocycles. The van der Waals surface area contributed by atoms with Crippen LogP contribution in [0, 0.1) is 0 Å². The zero-order valence-electron chi connectivity index (χ0n) is 8.21. The lowest BCUT2D eigenvalue weighted by molar-refractivity contribution is -0.118. The van der Waals surface area contributed by atoms with E-state index in [9.17, 15) is 4.79 Å². The van der Waals surface area contributed by atoms with E-state index in [0.29, 0.717) is 12.6 Å². The van der Waals surface area contributed by atoms with Crippen molar-refractivity contribution in [3.05, 3.63) is 0 Å². The molecule has 0 aromatic carbocycles. The molecule has 70 valence electrons. The zero-order chi connectivity index (χ0) is 9.14. The summed E-state index contributed by atoms with van der Waals surface area (Å²) in [6.07, 6.45) is 0. The quantitative estimate of drug-likeness (QED) is 0.592. The van der Waals surface area contributed by atoms with E-state index in [-0.39, 0.29) is 5.78 Å². The third kappa shape index (κ3) is 2.57. The number of carbonyl (C=O) groups excluding carboxylic acids is 1. The highest BCUT2D eigenvalue weighted by Gasteiger charge is 2.20. The molecular formula is C9H18N2O. The molecule has 0 spiro atoms. The van der Waals surface area contributed by atoms with Gasteiger partial charge >= 0.3 is 0 Å². The van der Waals surface area contributed by atoms with Gasteiger partial charge in [-0.2, -0.15) is 0 Å². The standard InChI is InChI=1S/C9H18N2O/c1-8-6-11(7-9(2)12)5-4-10(8)3/h8H,4-7H2,1-3H3. The predicted octanol–water partition coefficient (Wildman–Crippen LogP) is 0.211. The number of likely N-dealkylation sites (N-methyl/N-ethyl adjacent to an activating group) is 1. The molecule has 1 aliphatic heterocycles. The van der Waals surface area contributed by atoms with Gasteiger partial charge in [-0.25, -0.2) is 0 Å². The lowest BCUT2D eigenvalue weighted by Crippen LogP contribution is -2.51. The summed E-state index contributed by atoms with van der Waals surface area (Å²) in [6.45, 7) is 7.61. The summed E-state index contributed by atoms with van der Waals surface area (Å²) in [5.41, 5.74) is 0. The Morgan fingerprint density at radius 1 is 1.50 bits per heavy atom. The van der Waals surface area contributed by atoms with E-state index in [2.05, 4.69) is 23.8 Å². The van der Waals surface area contributed by atoms with Gasteiger partial charge in [0.25, 0.3) is 0 Å². The van der Waals surface area contributed by atoms with Crippen LogP contribution in [0.1, 0.15) is 13.8 Å². The Labute approximate surface area is 74.3 Å². The maximum Gasteiger partial charge on any atom is 0.143 e. The second kappa shape index (κ2) is 4.01. The first kappa shape index (κ1) is 9.68. The number of hydrogen-bond donors (Lipinski definition) is 0. The van der Waals surface area contributed by atoms with Crippen LogP contribution in [-0.4, -0.2) is 54.9 Å². The molecule has 1 atom stereocenters. The van der Waals surface area contributed by atoms with Crippen molar-refractivity contribution in [1.82, 2.24) is 9.80 Å². The largest absolute Gasteiger partial charge is 0.301 e. The molecule has 1 aliphatic rings. The predicted molar refractivity (Wildman–Crippen MR) is 49.2 cm³/mol. The third-order valence-electron chi connectivity index (χ3n) is 2.49. The van der Waals surface area contributed by atoms with Crippen LogP contribution in [0.5, 0.6) is 0 Å². The molecule has 0 aliphatic carbocycles. The number of carbonyl (C=O) groups is 1. The van der Waals surface area contributed by atoms with Gasteiger partial charge in [0.15, 0.2) is 0 Å². The molecule has 0 amide bonds. The smallest absolute Gasteiger partial charge is 0.143 e. The van der Waals surface area contributed by atoms with E-state index in [1.54, 1.807) is 6.92 Å². The highest BCUT2D eigenvalue weighted by molar-refractivity contribution is 5.77. The van der Waals surface area contributed by atoms with Crippen molar-refractivity contribution in [2.75, 3.05) is 33.2 Å². The average Bonchev–Trinajstić information content (AvgIpc) is 1.96. The van der Waals surface area contributed by atoms with Gasteiger partial charge in [0.1, 0.15) is 5.78 Å². The molecule has 0 radical (unpaired) electrons. The van der Waals surface area contributed by atoms with Crippen LogP contribution in [0.3, 0.4) is 0 Å². The molecule has 0 aromatic rings.